The fourth-order valence-electron chi connectivity index (χ4n) is 3.26. The maximum atomic E-state index is 12.3. The molecule has 0 atom stereocenters. The zero-order chi connectivity index (χ0) is 23.9. The van der Waals surface area contributed by atoms with Gasteiger partial charge in [-0.25, -0.2) is 39.4 Å². The van der Waals surface area contributed by atoms with Crippen LogP contribution in [0, 0.1) is 6.92 Å². The van der Waals surface area contributed by atoms with Gasteiger partial charge in [-0.3, -0.25) is 5.32 Å². The maximum absolute atomic E-state index is 12.3. The molecule has 2 amide bonds. The van der Waals surface area contributed by atoms with Gasteiger partial charge in [0.05, 0.1) is 22.5 Å². The normalized spacial score (nSPS) is 10.9. The summed E-state index contributed by atoms with van der Waals surface area (Å²) in [5, 5.41) is 8.05. The molecular weight excluding hydrogens is 454 g/mol. The average Bonchev–Trinajstić information content (AvgIpc) is 3.59. The van der Waals surface area contributed by atoms with E-state index in [1.165, 1.54) is 11.3 Å². The van der Waals surface area contributed by atoms with E-state index in [9.17, 15) is 4.79 Å². The predicted molar refractivity (Wildman–Crippen MR) is 130 cm³/mol. The summed E-state index contributed by atoms with van der Waals surface area (Å²) < 4.78 is 7.41. The van der Waals surface area contributed by atoms with Crippen molar-refractivity contribution in [2.24, 2.45) is 0 Å². The minimum Gasteiger partial charge on any atom is -0.446 e. The molecule has 0 aliphatic heterocycles. The van der Waals surface area contributed by atoms with Crippen molar-refractivity contribution in [2.75, 3.05) is 23.4 Å². The van der Waals surface area contributed by atoms with Gasteiger partial charge in [-0.15, -0.1) is 0 Å². The summed E-state index contributed by atoms with van der Waals surface area (Å²) in [4.78, 5) is 35.2. The lowest BCUT2D eigenvalue weighted by Gasteiger charge is -2.22. The third-order valence-electron chi connectivity index (χ3n) is 4.90. The van der Waals surface area contributed by atoms with E-state index >= 15 is 0 Å². The monoisotopic (exact) mass is 481 g/mol. The van der Waals surface area contributed by atoms with Crippen LogP contribution in [-0.2, 0) is 12.8 Å². The molecule has 4 rings (SSSR count). The number of carbonyl (C=O) groups excluding carboxylic acids is 1. The van der Waals surface area contributed by atoms with Gasteiger partial charge >= 0.3 is 6.03 Å². The smallest absolute Gasteiger partial charge is 0.321 e. The number of anilines is 2. The third-order valence-corrected chi connectivity index (χ3v) is 6.00. The van der Waals surface area contributed by atoms with Crippen molar-refractivity contribution in [3.05, 3.63) is 54.5 Å². The lowest BCUT2D eigenvalue weighted by molar-refractivity contribution is 0.252. The first kappa shape index (κ1) is 23.4. The molecule has 0 unspecified atom stereocenters. The summed E-state index contributed by atoms with van der Waals surface area (Å²) in [6, 6.07) is 1.51. The van der Waals surface area contributed by atoms with Crippen molar-refractivity contribution in [1.29, 1.82) is 0 Å². The first-order valence-corrected chi connectivity index (χ1v) is 11.9. The van der Waals surface area contributed by atoms with Crippen LogP contribution >= 0.6 is 11.3 Å². The Balaban J connectivity index is 1.41. The molecule has 11 nitrogen and oxygen atoms in total. The number of hydrogen-bond donors (Lipinski definition) is 2. The second kappa shape index (κ2) is 10.9. The summed E-state index contributed by atoms with van der Waals surface area (Å²) in [5.74, 6) is 2.01. The number of hydrogen-bond acceptors (Lipinski definition) is 9. The molecule has 34 heavy (non-hydrogen) atoms. The summed E-state index contributed by atoms with van der Waals surface area (Å²) in [5.41, 5.74) is 1.52. The van der Waals surface area contributed by atoms with Crippen LogP contribution in [0.15, 0.2) is 41.6 Å². The molecule has 0 saturated heterocycles. The Bertz CT molecular complexity index is 1220. The van der Waals surface area contributed by atoms with E-state index in [2.05, 4.69) is 37.5 Å². The summed E-state index contributed by atoms with van der Waals surface area (Å²) >= 11 is 1.37. The van der Waals surface area contributed by atoms with Crippen LogP contribution in [0.3, 0.4) is 0 Å². The molecule has 4 aromatic rings. The number of carbonyl (C=O) groups is 1. The Labute approximate surface area is 201 Å². The fourth-order valence-corrected chi connectivity index (χ4v) is 4.19. The number of aromatic nitrogens is 6. The Morgan fingerprint density at radius 2 is 2.12 bits per heavy atom. The molecule has 0 aliphatic carbocycles. The lowest BCUT2D eigenvalue weighted by Crippen LogP contribution is -2.30. The predicted octanol–water partition coefficient (Wildman–Crippen LogP) is 3.70. The highest BCUT2D eigenvalue weighted by molar-refractivity contribution is 7.19. The Morgan fingerprint density at radius 3 is 2.85 bits per heavy atom. The SMILES string of the molecule is CCCN(c1nccc(-c2sc(NC(=O)NCCc3ncc(CC)o3)nc2C)n1)n1ccnc1. The number of amides is 2. The van der Waals surface area contributed by atoms with Crippen molar-refractivity contribution in [1.82, 2.24) is 34.9 Å². The number of nitrogens with zero attached hydrogens (tertiary/aromatic N) is 7. The number of aryl methyl sites for hydroxylation is 2. The second-order valence-electron chi connectivity index (χ2n) is 7.45. The van der Waals surface area contributed by atoms with Gasteiger partial charge in [0.1, 0.15) is 12.1 Å². The van der Waals surface area contributed by atoms with Gasteiger partial charge in [0.2, 0.25) is 5.95 Å². The van der Waals surface area contributed by atoms with Gasteiger partial charge in [0.15, 0.2) is 11.0 Å². The average molecular weight is 482 g/mol. The van der Waals surface area contributed by atoms with Crippen LogP contribution in [0.4, 0.5) is 15.9 Å². The number of nitrogens with one attached hydrogen (secondary N) is 2. The van der Waals surface area contributed by atoms with Gasteiger partial charge in [-0.1, -0.05) is 25.2 Å². The van der Waals surface area contributed by atoms with E-state index in [4.69, 9.17) is 9.40 Å². The zero-order valence-corrected chi connectivity index (χ0v) is 20.2. The van der Waals surface area contributed by atoms with E-state index in [0.29, 0.717) is 29.9 Å². The third kappa shape index (κ3) is 5.57. The fraction of sp³-hybridized carbons (Fsp3) is 0.364. The van der Waals surface area contributed by atoms with Crippen molar-refractivity contribution < 1.29 is 9.21 Å². The molecular formula is C22H27N9O2S. The van der Waals surface area contributed by atoms with Crippen LogP contribution in [0.2, 0.25) is 0 Å². The quantitative estimate of drug-likeness (QED) is 0.351. The topological polar surface area (TPSA) is 127 Å². The molecule has 0 aliphatic rings. The minimum absolute atomic E-state index is 0.333. The molecule has 178 valence electrons. The molecule has 2 N–H and O–H groups in total. The van der Waals surface area contributed by atoms with Gasteiger partial charge in [-0.05, 0) is 19.4 Å². The molecule has 12 heteroatoms. The zero-order valence-electron chi connectivity index (χ0n) is 19.4. The molecule has 0 radical (unpaired) electrons. The highest BCUT2D eigenvalue weighted by Crippen LogP contribution is 2.32. The highest BCUT2D eigenvalue weighted by Gasteiger charge is 2.16. The molecule has 4 aromatic heterocycles. The van der Waals surface area contributed by atoms with Crippen LogP contribution in [0.5, 0.6) is 0 Å². The Kier molecular flexibility index (Phi) is 7.48. The van der Waals surface area contributed by atoms with Gasteiger partial charge < -0.3 is 9.73 Å². The molecule has 0 spiro atoms. The van der Waals surface area contributed by atoms with E-state index in [-0.39, 0.29) is 6.03 Å². The first-order valence-electron chi connectivity index (χ1n) is 11.1. The summed E-state index contributed by atoms with van der Waals surface area (Å²) in [6.07, 6.45) is 11.0. The van der Waals surface area contributed by atoms with Crippen molar-refractivity contribution >= 4 is 28.4 Å². The van der Waals surface area contributed by atoms with Crippen LogP contribution in [-0.4, -0.2) is 48.7 Å². The molecule has 0 fully saturated rings. The maximum Gasteiger partial charge on any atom is 0.321 e. The van der Waals surface area contributed by atoms with Crippen LogP contribution in [0.25, 0.3) is 10.6 Å². The largest absolute Gasteiger partial charge is 0.446 e. The van der Waals surface area contributed by atoms with E-state index in [0.717, 1.165) is 41.4 Å². The van der Waals surface area contributed by atoms with E-state index in [1.54, 1.807) is 24.9 Å². The van der Waals surface area contributed by atoms with Crippen molar-refractivity contribution in [3.63, 3.8) is 0 Å². The second-order valence-corrected chi connectivity index (χ2v) is 8.45. The summed E-state index contributed by atoms with van der Waals surface area (Å²) in [6.45, 7) is 7.14. The van der Waals surface area contributed by atoms with E-state index < -0.39 is 0 Å². The molecule has 4 heterocycles. The van der Waals surface area contributed by atoms with Gasteiger partial charge in [-0.2, -0.15) is 0 Å². The highest BCUT2D eigenvalue weighted by atomic mass is 32.1. The molecule has 0 bridgehead atoms. The Hall–Kier alpha value is -3.80. The van der Waals surface area contributed by atoms with E-state index in [1.807, 2.05) is 35.8 Å². The first-order chi connectivity index (χ1) is 16.6. The van der Waals surface area contributed by atoms with Gasteiger partial charge in [0, 0.05) is 44.5 Å². The number of imidazole rings is 1. The lowest BCUT2D eigenvalue weighted by atomic mass is 10.3. The van der Waals surface area contributed by atoms with Crippen LogP contribution < -0.4 is 15.6 Å². The van der Waals surface area contributed by atoms with Gasteiger partial charge in [0.25, 0.3) is 0 Å². The minimum atomic E-state index is -0.333. The number of oxazole rings is 1. The number of thiazole rings is 1. The van der Waals surface area contributed by atoms with Crippen molar-refractivity contribution in [2.45, 2.75) is 40.0 Å². The molecule has 0 saturated carbocycles. The number of rotatable bonds is 10. The van der Waals surface area contributed by atoms with Crippen LogP contribution in [0.1, 0.15) is 37.6 Å². The Morgan fingerprint density at radius 1 is 1.24 bits per heavy atom. The molecule has 0 aromatic carbocycles. The summed E-state index contributed by atoms with van der Waals surface area (Å²) in [7, 11) is 0. The van der Waals surface area contributed by atoms with Crippen molar-refractivity contribution in [3.8, 4) is 10.6 Å². The number of urea groups is 1. The standard InChI is InChI=1S/C22H27N9O2S/c1-4-11-31(30-12-10-23-14-30)20-24-8-6-17(28-20)19-15(3)27-22(34-19)29-21(32)25-9-7-18-26-13-16(5-2)33-18/h6,8,10,12-14H,4-5,7,9,11H2,1-3H3,(H2,25,27,29,32).